The maximum atomic E-state index is 13.1. The van der Waals surface area contributed by atoms with Crippen LogP contribution < -0.4 is 0 Å². The Bertz CT molecular complexity index is 776. The van der Waals surface area contributed by atoms with Gasteiger partial charge in [-0.05, 0) is 49.2 Å². The average molecular weight is 342 g/mol. The number of amides is 1. The third kappa shape index (κ3) is 4.02. The van der Waals surface area contributed by atoms with Gasteiger partial charge in [-0.15, -0.1) is 0 Å². The number of aromatic nitrogens is 1. The van der Waals surface area contributed by atoms with Gasteiger partial charge in [0.1, 0.15) is 5.82 Å². The van der Waals surface area contributed by atoms with E-state index >= 15 is 0 Å². The summed E-state index contributed by atoms with van der Waals surface area (Å²) in [6.45, 7) is 0.627. The van der Waals surface area contributed by atoms with Gasteiger partial charge in [0, 0.05) is 24.2 Å². The molecule has 25 heavy (non-hydrogen) atoms. The van der Waals surface area contributed by atoms with E-state index in [0.717, 1.165) is 18.5 Å². The molecule has 1 amide bonds. The number of rotatable bonds is 5. The van der Waals surface area contributed by atoms with Gasteiger partial charge < -0.3 is 10.0 Å². The molecule has 0 aliphatic carbocycles. The second-order valence-corrected chi connectivity index (χ2v) is 6.11. The Labute approximate surface area is 145 Å². The van der Waals surface area contributed by atoms with E-state index in [1.165, 1.54) is 24.3 Å². The fraction of sp³-hybridized carbons (Fsp3) is 0.316. The minimum atomic E-state index is -0.860. The Morgan fingerprint density at radius 1 is 1.20 bits per heavy atom. The average Bonchev–Trinajstić information content (AvgIpc) is 3.10. The number of likely N-dealkylation sites (tertiary alicyclic amines) is 1. The van der Waals surface area contributed by atoms with Gasteiger partial charge in [-0.2, -0.15) is 0 Å². The van der Waals surface area contributed by atoms with E-state index in [4.69, 9.17) is 5.11 Å². The van der Waals surface area contributed by atoms with E-state index in [1.807, 2.05) is 12.1 Å². The number of carboxylic acids is 1. The fourth-order valence-electron chi connectivity index (χ4n) is 3.13. The lowest BCUT2D eigenvalue weighted by molar-refractivity contribution is -0.136. The van der Waals surface area contributed by atoms with Crippen LogP contribution in [0.4, 0.5) is 4.39 Å². The van der Waals surface area contributed by atoms with E-state index in [-0.39, 0.29) is 24.2 Å². The van der Waals surface area contributed by atoms with Gasteiger partial charge in [0.15, 0.2) is 0 Å². The summed E-state index contributed by atoms with van der Waals surface area (Å²) in [4.78, 5) is 29.8. The van der Waals surface area contributed by atoms with Crippen molar-refractivity contribution in [3.05, 3.63) is 65.2 Å². The Kier molecular flexibility index (Phi) is 5.07. The Hall–Kier alpha value is -2.76. The second-order valence-electron chi connectivity index (χ2n) is 6.11. The molecular weight excluding hydrogens is 323 g/mol. The summed E-state index contributed by atoms with van der Waals surface area (Å²) in [7, 11) is 0. The second kappa shape index (κ2) is 7.42. The van der Waals surface area contributed by atoms with Crippen molar-refractivity contribution in [3.8, 4) is 0 Å². The first-order valence-electron chi connectivity index (χ1n) is 8.29. The molecule has 3 rings (SSSR count). The lowest BCUT2D eigenvalue weighted by Gasteiger charge is -2.24. The van der Waals surface area contributed by atoms with Crippen molar-refractivity contribution in [3.63, 3.8) is 0 Å². The molecule has 130 valence electrons. The molecule has 1 atom stereocenters. The van der Waals surface area contributed by atoms with Crippen LogP contribution in [0.15, 0.2) is 42.5 Å². The van der Waals surface area contributed by atoms with Crippen molar-refractivity contribution >= 4 is 11.9 Å². The van der Waals surface area contributed by atoms with Crippen LogP contribution in [-0.4, -0.2) is 33.4 Å². The van der Waals surface area contributed by atoms with Gasteiger partial charge >= 0.3 is 5.97 Å². The number of carboxylic acid groups (broad SMARTS) is 1. The van der Waals surface area contributed by atoms with Crippen LogP contribution in [0.3, 0.4) is 0 Å². The first kappa shape index (κ1) is 17.1. The highest BCUT2D eigenvalue weighted by atomic mass is 19.1. The van der Waals surface area contributed by atoms with Crippen LogP contribution in [0.2, 0.25) is 0 Å². The summed E-state index contributed by atoms with van der Waals surface area (Å²) in [6.07, 6.45) is 2.07. The molecule has 1 aromatic heterocycles. The predicted octanol–water partition coefficient (Wildman–Crippen LogP) is 3.22. The molecule has 1 fully saturated rings. The molecular formula is C19H19FN2O3. The number of aryl methyl sites for hydroxylation is 1. The van der Waals surface area contributed by atoms with Crippen LogP contribution in [0.1, 0.15) is 47.1 Å². The molecule has 1 N–H and O–H groups in total. The van der Waals surface area contributed by atoms with Crippen molar-refractivity contribution in [1.29, 1.82) is 0 Å². The Balaban J connectivity index is 1.79. The minimum absolute atomic E-state index is 0.0271. The van der Waals surface area contributed by atoms with Crippen molar-refractivity contribution < 1.29 is 19.1 Å². The smallest absolute Gasteiger partial charge is 0.303 e. The number of carbonyl (C=O) groups is 2. The van der Waals surface area contributed by atoms with E-state index in [2.05, 4.69) is 4.98 Å². The number of carbonyl (C=O) groups excluding carboxylic acids is 1. The molecule has 2 aromatic rings. The van der Waals surface area contributed by atoms with Crippen molar-refractivity contribution in [2.45, 2.75) is 31.7 Å². The molecule has 0 saturated carbocycles. The highest BCUT2D eigenvalue weighted by molar-refractivity contribution is 5.94. The molecule has 1 aliphatic heterocycles. The number of hydrogen-bond donors (Lipinski definition) is 1. The minimum Gasteiger partial charge on any atom is -0.481 e. The van der Waals surface area contributed by atoms with Gasteiger partial charge in [0.05, 0.1) is 18.2 Å². The van der Waals surface area contributed by atoms with Crippen LogP contribution >= 0.6 is 0 Å². The molecule has 1 aliphatic rings. The van der Waals surface area contributed by atoms with Gasteiger partial charge in [-0.3, -0.25) is 14.6 Å². The van der Waals surface area contributed by atoms with E-state index in [0.29, 0.717) is 24.2 Å². The third-order valence-corrected chi connectivity index (χ3v) is 4.37. The number of nitrogens with zero attached hydrogens (tertiary/aromatic N) is 2. The predicted molar refractivity (Wildman–Crippen MR) is 89.6 cm³/mol. The fourth-order valence-corrected chi connectivity index (χ4v) is 3.13. The zero-order valence-electron chi connectivity index (χ0n) is 13.7. The van der Waals surface area contributed by atoms with Crippen LogP contribution in [0.25, 0.3) is 0 Å². The molecule has 6 heteroatoms. The van der Waals surface area contributed by atoms with Crippen LogP contribution in [0.5, 0.6) is 0 Å². The first-order valence-corrected chi connectivity index (χ1v) is 8.29. The van der Waals surface area contributed by atoms with E-state index in [9.17, 15) is 14.0 Å². The maximum Gasteiger partial charge on any atom is 0.303 e. The van der Waals surface area contributed by atoms with Crippen molar-refractivity contribution in [1.82, 2.24) is 9.88 Å². The third-order valence-electron chi connectivity index (χ3n) is 4.37. The number of halogens is 1. The number of aliphatic carboxylic acids is 1. The molecule has 1 saturated heterocycles. The van der Waals surface area contributed by atoms with Gasteiger partial charge in [-0.1, -0.05) is 6.07 Å². The zero-order valence-corrected chi connectivity index (χ0v) is 13.7. The number of benzene rings is 1. The highest BCUT2D eigenvalue weighted by Crippen LogP contribution is 2.32. The Morgan fingerprint density at radius 3 is 2.68 bits per heavy atom. The van der Waals surface area contributed by atoms with Gasteiger partial charge in [0.2, 0.25) is 0 Å². The molecule has 5 nitrogen and oxygen atoms in total. The van der Waals surface area contributed by atoms with E-state index < -0.39 is 5.97 Å². The SMILES string of the molecule is O=C(O)CCc1cccc(C2CCCN2C(=O)c2ccc(F)cc2)n1. The Morgan fingerprint density at radius 2 is 1.96 bits per heavy atom. The van der Waals surface area contributed by atoms with Gasteiger partial charge in [0.25, 0.3) is 5.91 Å². The van der Waals surface area contributed by atoms with Gasteiger partial charge in [-0.25, -0.2) is 4.39 Å². The standard InChI is InChI=1S/C19H19FN2O3/c20-14-8-6-13(7-9-14)19(25)22-12-2-5-17(22)16-4-1-3-15(21-16)10-11-18(23)24/h1,3-4,6-9,17H,2,5,10-12H2,(H,23,24). The number of hydrogen-bond acceptors (Lipinski definition) is 3. The molecule has 0 radical (unpaired) electrons. The molecule has 1 unspecified atom stereocenters. The maximum absolute atomic E-state index is 13.1. The molecule has 0 spiro atoms. The molecule has 2 heterocycles. The number of pyridine rings is 1. The quantitative estimate of drug-likeness (QED) is 0.906. The van der Waals surface area contributed by atoms with Crippen molar-refractivity contribution in [2.75, 3.05) is 6.54 Å². The normalized spacial score (nSPS) is 16.8. The summed E-state index contributed by atoms with van der Waals surface area (Å²) in [5.41, 5.74) is 1.94. The van der Waals surface area contributed by atoms with Crippen LogP contribution in [-0.2, 0) is 11.2 Å². The lowest BCUT2D eigenvalue weighted by Crippen LogP contribution is -2.31. The van der Waals surface area contributed by atoms with E-state index in [1.54, 1.807) is 11.0 Å². The van der Waals surface area contributed by atoms with Crippen LogP contribution in [0, 0.1) is 5.82 Å². The largest absolute Gasteiger partial charge is 0.481 e. The summed E-state index contributed by atoms with van der Waals surface area (Å²) in [5.74, 6) is -1.37. The monoisotopic (exact) mass is 342 g/mol. The zero-order chi connectivity index (χ0) is 17.8. The molecule has 0 bridgehead atoms. The molecule has 1 aromatic carbocycles. The summed E-state index contributed by atoms with van der Waals surface area (Å²) >= 11 is 0. The van der Waals surface area contributed by atoms with Crippen molar-refractivity contribution in [2.24, 2.45) is 0 Å². The highest BCUT2D eigenvalue weighted by Gasteiger charge is 2.31. The lowest BCUT2D eigenvalue weighted by atomic mass is 10.1. The summed E-state index contributed by atoms with van der Waals surface area (Å²) in [5, 5.41) is 8.81. The summed E-state index contributed by atoms with van der Waals surface area (Å²) in [6, 6.07) is 10.9. The first-order chi connectivity index (χ1) is 12.0. The summed E-state index contributed by atoms with van der Waals surface area (Å²) < 4.78 is 13.1. The topological polar surface area (TPSA) is 70.5 Å².